The highest BCUT2D eigenvalue weighted by atomic mass is 35.5. The first kappa shape index (κ1) is 16.2. The fourth-order valence-corrected chi connectivity index (χ4v) is 4.10. The molecule has 5 nitrogen and oxygen atoms in total. The molecule has 7 heteroatoms. The predicted octanol–water partition coefficient (Wildman–Crippen LogP) is 3.63. The number of hydrogen-bond donors (Lipinski definition) is 2. The van der Waals surface area contributed by atoms with Crippen LogP contribution in [0.5, 0.6) is 5.88 Å². The summed E-state index contributed by atoms with van der Waals surface area (Å²) in [5, 5.41) is 11.7. The van der Waals surface area contributed by atoms with Gasteiger partial charge in [-0.25, -0.2) is 9.18 Å². The van der Waals surface area contributed by atoms with Gasteiger partial charge >= 0.3 is 5.69 Å². The van der Waals surface area contributed by atoms with Crippen LogP contribution in [0.4, 0.5) is 4.39 Å². The molecule has 27 heavy (non-hydrogen) atoms. The van der Waals surface area contributed by atoms with Gasteiger partial charge in [0.05, 0.1) is 17.8 Å². The Bertz CT molecular complexity index is 1250. The Kier molecular flexibility index (Phi) is 3.45. The molecule has 0 amide bonds. The molecule has 2 aromatic carbocycles. The number of H-pyrrole nitrogens is 1. The highest BCUT2D eigenvalue weighted by molar-refractivity contribution is 6.31. The molecule has 0 bridgehead atoms. The molecule has 3 heterocycles. The van der Waals surface area contributed by atoms with Crippen molar-refractivity contribution < 1.29 is 9.50 Å². The summed E-state index contributed by atoms with van der Waals surface area (Å²) in [5.74, 6) is -0.362. The first-order chi connectivity index (χ1) is 13.0. The number of nitrogens with zero attached hydrogens (tertiary/aromatic N) is 2. The van der Waals surface area contributed by atoms with Gasteiger partial charge in [-0.1, -0.05) is 29.8 Å². The van der Waals surface area contributed by atoms with Gasteiger partial charge in [-0.2, -0.15) is 0 Å². The maximum atomic E-state index is 13.3. The van der Waals surface area contributed by atoms with E-state index in [-0.39, 0.29) is 17.4 Å². The molecule has 1 aliphatic rings. The molecule has 0 fully saturated rings. The first-order valence-corrected chi connectivity index (χ1v) is 8.93. The lowest BCUT2D eigenvalue weighted by atomic mass is 10.0. The highest BCUT2D eigenvalue weighted by Gasteiger charge is 2.27. The number of aromatic amines is 1. The number of rotatable bonds is 2. The molecule has 0 aliphatic carbocycles. The quantitative estimate of drug-likeness (QED) is 0.489. The van der Waals surface area contributed by atoms with Crippen LogP contribution in [0, 0.1) is 5.82 Å². The van der Waals surface area contributed by atoms with Crippen LogP contribution < -0.4 is 5.69 Å². The van der Waals surface area contributed by atoms with Gasteiger partial charge in [-0.15, -0.1) is 0 Å². The zero-order chi connectivity index (χ0) is 18.7. The second kappa shape index (κ2) is 5.76. The van der Waals surface area contributed by atoms with Gasteiger partial charge < -0.3 is 9.67 Å². The maximum Gasteiger partial charge on any atom is 0.328 e. The number of nitrogens with one attached hydrogen (secondary N) is 1. The van der Waals surface area contributed by atoms with Crippen LogP contribution in [0.15, 0.2) is 47.3 Å². The van der Waals surface area contributed by atoms with Gasteiger partial charge in [0.1, 0.15) is 5.82 Å². The number of halogens is 2. The minimum Gasteiger partial charge on any atom is -0.493 e. The summed E-state index contributed by atoms with van der Waals surface area (Å²) in [6.45, 7) is 0.890. The molecule has 1 aliphatic heterocycles. The van der Waals surface area contributed by atoms with E-state index in [1.54, 1.807) is 16.7 Å². The van der Waals surface area contributed by atoms with Gasteiger partial charge in [0.15, 0.2) is 0 Å². The zero-order valence-corrected chi connectivity index (χ0v) is 14.9. The Morgan fingerprint density at radius 1 is 1.15 bits per heavy atom. The van der Waals surface area contributed by atoms with Crippen LogP contribution >= 0.6 is 11.6 Å². The topological polar surface area (TPSA) is 63.0 Å². The SMILES string of the molecule is O=c1[nH]c(O)c2n1Cc1c(c3ccc(Cl)cc3n1Cc1ccc(F)cc1)C2. The van der Waals surface area contributed by atoms with E-state index in [1.165, 1.54) is 12.1 Å². The molecular weight excluding hydrogens is 369 g/mol. The predicted molar refractivity (Wildman–Crippen MR) is 101 cm³/mol. The standard InChI is InChI=1S/C20H15ClFN3O2/c21-12-3-6-14-15-8-17-19(26)23-20(27)25(17)10-18(15)24(16(14)7-12)9-11-1-4-13(22)5-2-11/h1-7,26H,8-10H2,(H,23,27). The van der Waals surface area contributed by atoms with E-state index < -0.39 is 0 Å². The summed E-state index contributed by atoms with van der Waals surface area (Å²) in [4.78, 5) is 14.6. The summed E-state index contributed by atoms with van der Waals surface area (Å²) in [7, 11) is 0. The normalized spacial score (nSPS) is 13.0. The fourth-order valence-electron chi connectivity index (χ4n) is 3.93. The minimum absolute atomic E-state index is 0.0842. The molecule has 2 aromatic heterocycles. The van der Waals surface area contributed by atoms with Crippen LogP contribution in [-0.2, 0) is 19.5 Å². The lowest BCUT2D eigenvalue weighted by molar-refractivity contribution is 0.447. The summed E-state index contributed by atoms with van der Waals surface area (Å²) in [6, 6.07) is 12.1. The third-order valence-corrected chi connectivity index (χ3v) is 5.46. The molecular formula is C20H15ClFN3O2. The molecule has 0 radical (unpaired) electrons. The average molecular weight is 384 g/mol. The number of fused-ring (bicyclic) bond motifs is 4. The largest absolute Gasteiger partial charge is 0.493 e. The average Bonchev–Trinajstić information content (AvgIpc) is 3.10. The number of hydrogen-bond acceptors (Lipinski definition) is 2. The Morgan fingerprint density at radius 3 is 2.70 bits per heavy atom. The smallest absolute Gasteiger partial charge is 0.328 e. The highest BCUT2D eigenvalue weighted by Crippen LogP contribution is 2.35. The van der Waals surface area contributed by atoms with Gasteiger partial charge in [-0.05, 0) is 35.4 Å². The van der Waals surface area contributed by atoms with Crippen LogP contribution in [0.3, 0.4) is 0 Å². The van der Waals surface area contributed by atoms with Crippen molar-refractivity contribution in [2.75, 3.05) is 0 Å². The maximum absolute atomic E-state index is 13.3. The molecule has 0 saturated heterocycles. The van der Waals surface area contributed by atoms with Crippen molar-refractivity contribution >= 4 is 22.5 Å². The summed E-state index contributed by atoms with van der Waals surface area (Å²) >= 11 is 6.23. The summed E-state index contributed by atoms with van der Waals surface area (Å²) in [5.41, 5.74) is 4.22. The number of aromatic nitrogens is 3. The van der Waals surface area contributed by atoms with E-state index in [1.807, 2.05) is 18.2 Å². The van der Waals surface area contributed by atoms with Crippen molar-refractivity contribution in [2.45, 2.75) is 19.5 Å². The molecule has 2 N–H and O–H groups in total. The third-order valence-electron chi connectivity index (χ3n) is 5.23. The zero-order valence-electron chi connectivity index (χ0n) is 14.2. The lowest BCUT2D eigenvalue weighted by Crippen LogP contribution is -2.25. The first-order valence-electron chi connectivity index (χ1n) is 8.56. The van der Waals surface area contributed by atoms with Gasteiger partial charge in [0.2, 0.25) is 5.88 Å². The van der Waals surface area contributed by atoms with Crippen molar-refractivity contribution in [3.8, 4) is 5.88 Å². The summed E-state index contributed by atoms with van der Waals surface area (Å²) < 4.78 is 16.9. The Balaban J connectivity index is 1.72. The van der Waals surface area contributed by atoms with Crippen molar-refractivity contribution in [2.24, 2.45) is 0 Å². The van der Waals surface area contributed by atoms with Gasteiger partial charge in [-0.3, -0.25) is 9.55 Å². The van der Waals surface area contributed by atoms with Crippen molar-refractivity contribution in [3.05, 3.63) is 86.3 Å². The molecule has 0 atom stereocenters. The fraction of sp³-hybridized carbons (Fsp3) is 0.150. The second-order valence-electron chi connectivity index (χ2n) is 6.79. The Labute approximate surface area is 158 Å². The Hall–Kier alpha value is -2.99. The monoisotopic (exact) mass is 383 g/mol. The number of imidazole rings is 1. The molecule has 0 saturated carbocycles. The number of aromatic hydroxyl groups is 1. The lowest BCUT2D eigenvalue weighted by Gasteiger charge is -2.18. The molecule has 0 unspecified atom stereocenters. The van der Waals surface area contributed by atoms with Gasteiger partial charge in [0, 0.05) is 29.1 Å². The van der Waals surface area contributed by atoms with Crippen molar-refractivity contribution in [1.29, 1.82) is 0 Å². The van der Waals surface area contributed by atoms with E-state index in [0.717, 1.165) is 27.7 Å². The minimum atomic E-state index is -0.329. The van der Waals surface area contributed by atoms with Crippen LogP contribution in [0.1, 0.15) is 22.5 Å². The summed E-state index contributed by atoms with van der Waals surface area (Å²) in [6.07, 6.45) is 0.453. The molecule has 4 aromatic rings. The van der Waals surface area contributed by atoms with Crippen molar-refractivity contribution in [3.63, 3.8) is 0 Å². The van der Waals surface area contributed by atoms with Crippen LogP contribution in [0.2, 0.25) is 5.02 Å². The Morgan fingerprint density at radius 2 is 1.93 bits per heavy atom. The van der Waals surface area contributed by atoms with Crippen LogP contribution in [-0.4, -0.2) is 19.2 Å². The van der Waals surface area contributed by atoms with E-state index in [0.29, 0.717) is 30.2 Å². The van der Waals surface area contributed by atoms with E-state index >= 15 is 0 Å². The number of benzene rings is 2. The van der Waals surface area contributed by atoms with E-state index in [2.05, 4.69) is 9.55 Å². The van der Waals surface area contributed by atoms with Crippen LogP contribution in [0.25, 0.3) is 10.9 Å². The van der Waals surface area contributed by atoms with E-state index in [9.17, 15) is 14.3 Å². The van der Waals surface area contributed by atoms with E-state index in [4.69, 9.17) is 11.6 Å². The third kappa shape index (κ3) is 2.48. The van der Waals surface area contributed by atoms with Crippen molar-refractivity contribution in [1.82, 2.24) is 14.1 Å². The molecule has 5 rings (SSSR count). The molecule has 136 valence electrons. The molecule has 0 spiro atoms. The second-order valence-corrected chi connectivity index (χ2v) is 7.22. The van der Waals surface area contributed by atoms with Gasteiger partial charge in [0.25, 0.3) is 0 Å².